The number of halogens is 1. The summed E-state index contributed by atoms with van der Waals surface area (Å²) < 4.78 is 41.4. The van der Waals surface area contributed by atoms with E-state index < -0.39 is 16.7 Å². The summed E-state index contributed by atoms with van der Waals surface area (Å²) in [5.41, 5.74) is 4.43. The normalized spacial score (nSPS) is 13.2. The van der Waals surface area contributed by atoms with Gasteiger partial charge in [-0.1, -0.05) is 0 Å². The second-order valence-electron chi connectivity index (χ2n) is 7.92. The highest BCUT2D eigenvalue weighted by Gasteiger charge is 2.25. The molecule has 1 aliphatic rings. The van der Waals surface area contributed by atoms with Crippen LogP contribution >= 0.6 is 0 Å². The molecule has 0 N–H and O–H groups in total. The largest absolute Gasteiger partial charge is 0.465 e. The van der Waals surface area contributed by atoms with E-state index in [1.165, 1.54) is 19.2 Å². The van der Waals surface area contributed by atoms with Crippen LogP contribution < -0.4 is 4.90 Å². The summed E-state index contributed by atoms with van der Waals surface area (Å²) in [6, 6.07) is 16.0. The van der Waals surface area contributed by atoms with Gasteiger partial charge >= 0.3 is 5.97 Å². The van der Waals surface area contributed by atoms with Crippen LogP contribution in [0, 0.1) is 5.82 Å². The van der Waals surface area contributed by atoms with Gasteiger partial charge in [0.2, 0.25) is 0 Å². The molecule has 0 aliphatic carbocycles. The predicted octanol–water partition coefficient (Wildman–Crippen LogP) is 4.28. The monoisotopic (exact) mass is 477 g/mol. The number of rotatable bonds is 4. The average molecular weight is 478 g/mol. The minimum absolute atomic E-state index is 0.265. The lowest BCUT2D eigenvalue weighted by Gasteiger charge is -2.32. The maximum absolute atomic E-state index is 13.6. The van der Waals surface area contributed by atoms with Gasteiger partial charge < -0.3 is 9.64 Å². The number of anilines is 2. The van der Waals surface area contributed by atoms with Gasteiger partial charge in [0.05, 0.1) is 28.6 Å². The van der Waals surface area contributed by atoms with Crippen molar-refractivity contribution in [1.82, 2.24) is 9.97 Å². The Morgan fingerprint density at radius 1 is 1.00 bits per heavy atom. The summed E-state index contributed by atoms with van der Waals surface area (Å²) in [6.45, 7) is 0.640. The first kappa shape index (κ1) is 22.0. The third-order valence-electron chi connectivity index (χ3n) is 5.83. The molecular weight excluding hydrogens is 457 g/mol. The molecule has 5 rings (SSSR count). The van der Waals surface area contributed by atoms with Crippen molar-refractivity contribution < 1.29 is 22.3 Å². The van der Waals surface area contributed by atoms with Crippen LogP contribution in [0.4, 0.5) is 15.9 Å². The number of hydrogen-bond acceptors (Lipinski definition) is 7. The molecular formula is C25H20FN3O4S. The van der Waals surface area contributed by atoms with Gasteiger partial charge in [-0.15, -0.1) is 0 Å². The van der Waals surface area contributed by atoms with E-state index in [1.54, 1.807) is 48.5 Å². The molecule has 0 bridgehead atoms. The topological polar surface area (TPSA) is 89.5 Å². The van der Waals surface area contributed by atoms with E-state index in [9.17, 15) is 17.6 Å². The second-order valence-corrected chi connectivity index (χ2v) is 8.95. The number of carbonyl (C=O) groups is 1. The summed E-state index contributed by atoms with van der Waals surface area (Å²) in [5, 5.41) is 0. The van der Waals surface area contributed by atoms with E-state index in [0.29, 0.717) is 40.2 Å². The fourth-order valence-corrected chi connectivity index (χ4v) is 4.65. The first-order valence-corrected chi connectivity index (χ1v) is 11.8. The third-order valence-corrected chi connectivity index (χ3v) is 6.53. The van der Waals surface area contributed by atoms with E-state index in [4.69, 9.17) is 14.7 Å². The Labute approximate surface area is 196 Å². The molecule has 4 aromatic rings. The summed E-state index contributed by atoms with van der Waals surface area (Å²) in [6.07, 6.45) is 1.53. The van der Waals surface area contributed by atoms with Crippen LogP contribution in [0.25, 0.3) is 22.3 Å². The smallest absolute Gasteiger partial charge is 0.337 e. The zero-order chi connectivity index (χ0) is 23.8. The van der Waals surface area contributed by atoms with Crippen molar-refractivity contribution in [3.63, 3.8) is 0 Å². The molecule has 0 spiro atoms. The van der Waals surface area contributed by atoms with Crippen LogP contribution in [0.3, 0.4) is 0 Å². The molecule has 9 heteroatoms. The van der Waals surface area contributed by atoms with Gasteiger partial charge in [0.1, 0.15) is 11.5 Å². The van der Waals surface area contributed by atoms with Crippen molar-refractivity contribution in [2.45, 2.75) is 17.7 Å². The van der Waals surface area contributed by atoms with Crippen molar-refractivity contribution in [2.24, 2.45) is 0 Å². The fourth-order valence-electron chi connectivity index (χ4n) is 4.20. The highest BCUT2D eigenvalue weighted by atomic mass is 32.2. The quantitative estimate of drug-likeness (QED) is 0.347. The standard InChI is InChI=1S/C25H20FN3O4S/c1-33-25(30)17-6-10-20-21(14-17)28-24(23(27-20)15-4-7-18(26)8-5-15)29-12-2-3-16-13-19(34(31)32)9-11-22(16)29/h4-11,13-14,34H,2-3,12H2,1H3. The summed E-state index contributed by atoms with van der Waals surface area (Å²) >= 11 is 0. The molecule has 3 aromatic carbocycles. The van der Waals surface area contributed by atoms with Crippen molar-refractivity contribution in [3.05, 3.63) is 77.6 Å². The minimum atomic E-state index is -2.69. The Morgan fingerprint density at radius 3 is 2.53 bits per heavy atom. The van der Waals surface area contributed by atoms with Gasteiger partial charge in [0.25, 0.3) is 0 Å². The van der Waals surface area contributed by atoms with Crippen LogP contribution in [0.5, 0.6) is 0 Å². The molecule has 0 saturated heterocycles. The number of thiol groups is 1. The molecule has 0 atom stereocenters. The van der Waals surface area contributed by atoms with Gasteiger partial charge in [0, 0.05) is 17.8 Å². The lowest BCUT2D eigenvalue weighted by Crippen LogP contribution is -2.26. The number of methoxy groups -OCH3 is 1. The first-order valence-electron chi connectivity index (χ1n) is 10.7. The summed E-state index contributed by atoms with van der Waals surface area (Å²) in [4.78, 5) is 24.0. The molecule has 2 heterocycles. The van der Waals surface area contributed by atoms with Crippen LogP contribution in [-0.4, -0.2) is 38.0 Å². The average Bonchev–Trinajstić information content (AvgIpc) is 2.86. The zero-order valence-corrected chi connectivity index (χ0v) is 19.1. The Morgan fingerprint density at radius 2 is 1.79 bits per heavy atom. The molecule has 34 heavy (non-hydrogen) atoms. The second kappa shape index (κ2) is 8.83. The maximum atomic E-state index is 13.6. The van der Waals surface area contributed by atoms with Crippen molar-refractivity contribution in [2.75, 3.05) is 18.6 Å². The van der Waals surface area contributed by atoms with E-state index in [0.717, 1.165) is 24.1 Å². The molecule has 0 radical (unpaired) electrons. The number of aromatic nitrogens is 2. The van der Waals surface area contributed by atoms with Crippen molar-refractivity contribution in [3.8, 4) is 11.3 Å². The Kier molecular flexibility index (Phi) is 5.70. The molecule has 172 valence electrons. The fraction of sp³-hybridized carbons (Fsp3) is 0.160. The van der Waals surface area contributed by atoms with E-state index >= 15 is 0 Å². The van der Waals surface area contributed by atoms with Gasteiger partial charge in [-0.3, -0.25) is 0 Å². The molecule has 0 amide bonds. The highest BCUT2D eigenvalue weighted by molar-refractivity contribution is 7.72. The maximum Gasteiger partial charge on any atom is 0.337 e. The van der Waals surface area contributed by atoms with E-state index in [1.807, 2.05) is 4.90 Å². The van der Waals surface area contributed by atoms with Gasteiger partial charge in [0.15, 0.2) is 16.5 Å². The van der Waals surface area contributed by atoms with Crippen LogP contribution in [0.2, 0.25) is 0 Å². The van der Waals surface area contributed by atoms with Gasteiger partial charge in [-0.05, 0) is 79.1 Å². The summed E-state index contributed by atoms with van der Waals surface area (Å²) in [5.74, 6) is -0.291. The SMILES string of the molecule is COC(=O)c1ccc2nc(-c3ccc(F)cc3)c(N3CCCc4cc([SH](=O)=O)ccc43)nc2c1. The number of aryl methyl sites for hydroxylation is 1. The number of carbonyl (C=O) groups excluding carboxylic acids is 1. The van der Waals surface area contributed by atoms with Crippen molar-refractivity contribution in [1.29, 1.82) is 0 Å². The molecule has 1 aliphatic heterocycles. The predicted molar refractivity (Wildman–Crippen MR) is 127 cm³/mol. The molecule has 0 unspecified atom stereocenters. The lowest BCUT2D eigenvalue weighted by molar-refractivity contribution is 0.0601. The molecule has 1 aromatic heterocycles. The highest BCUT2D eigenvalue weighted by Crippen LogP contribution is 2.38. The Bertz CT molecular complexity index is 1490. The Balaban J connectivity index is 1.73. The van der Waals surface area contributed by atoms with Crippen LogP contribution in [0.1, 0.15) is 22.3 Å². The third kappa shape index (κ3) is 3.99. The number of ether oxygens (including phenoxy) is 1. The van der Waals surface area contributed by atoms with Gasteiger partial charge in [-0.2, -0.15) is 0 Å². The van der Waals surface area contributed by atoms with Crippen molar-refractivity contribution >= 4 is 39.2 Å². The van der Waals surface area contributed by atoms with E-state index in [2.05, 4.69) is 0 Å². The van der Waals surface area contributed by atoms with Crippen LogP contribution in [-0.2, 0) is 21.9 Å². The van der Waals surface area contributed by atoms with Crippen LogP contribution in [0.15, 0.2) is 65.6 Å². The molecule has 0 fully saturated rings. The number of esters is 1. The van der Waals surface area contributed by atoms with Gasteiger partial charge in [-0.25, -0.2) is 27.6 Å². The number of hydrogen-bond donors (Lipinski definition) is 1. The number of benzene rings is 3. The molecule has 7 nitrogen and oxygen atoms in total. The lowest BCUT2D eigenvalue weighted by atomic mass is 10.0. The minimum Gasteiger partial charge on any atom is -0.465 e. The molecule has 0 saturated carbocycles. The van der Waals surface area contributed by atoms with E-state index in [-0.39, 0.29) is 10.7 Å². The Hall–Kier alpha value is -3.85. The number of nitrogens with zero attached hydrogens (tertiary/aromatic N) is 3. The number of fused-ring (bicyclic) bond motifs is 2. The summed E-state index contributed by atoms with van der Waals surface area (Å²) in [7, 11) is -1.37. The zero-order valence-electron chi connectivity index (χ0n) is 18.2. The first-order chi connectivity index (χ1) is 16.4.